The van der Waals surface area contributed by atoms with Gasteiger partial charge in [-0.05, 0) is 13.3 Å². The third kappa shape index (κ3) is 3.22. The summed E-state index contributed by atoms with van der Waals surface area (Å²) in [5.41, 5.74) is 0. The van der Waals surface area contributed by atoms with Crippen LogP contribution in [0.1, 0.15) is 39.5 Å². The van der Waals surface area contributed by atoms with Crippen molar-refractivity contribution in [3.05, 3.63) is 0 Å². The van der Waals surface area contributed by atoms with Crippen molar-refractivity contribution in [1.29, 1.82) is 0 Å². The van der Waals surface area contributed by atoms with Crippen LogP contribution in [0.4, 0.5) is 0 Å². The lowest BCUT2D eigenvalue weighted by atomic mass is 10.1. The zero-order chi connectivity index (χ0) is 9.73. The maximum Gasteiger partial charge on any atom is 0.178 e. The Hall–Kier alpha value is 0.400. The van der Waals surface area contributed by atoms with Crippen molar-refractivity contribution in [1.82, 2.24) is 0 Å². The molecule has 1 aliphatic heterocycles. The number of halogens is 1. The molecule has 0 N–H and O–H groups in total. The summed E-state index contributed by atoms with van der Waals surface area (Å²) in [7, 11) is 0. The summed E-state index contributed by atoms with van der Waals surface area (Å²) >= 11 is 3.46. The Morgan fingerprint density at radius 1 is 1.46 bits per heavy atom. The van der Waals surface area contributed by atoms with E-state index < -0.39 is 0 Å². The molecule has 0 amide bonds. The highest BCUT2D eigenvalue weighted by Crippen LogP contribution is 2.30. The van der Waals surface area contributed by atoms with E-state index >= 15 is 0 Å². The lowest BCUT2D eigenvalue weighted by molar-refractivity contribution is -0.152. The zero-order valence-electron chi connectivity index (χ0n) is 8.51. The fraction of sp³-hybridized carbons (Fsp3) is 1.00. The van der Waals surface area contributed by atoms with Crippen LogP contribution in [0.15, 0.2) is 0 Å². The lowest BCUT2D eigenvalue weighted by Gasteiger charge is -2.25. The lowest BCUT2D eigenvalue weighted by Crippen LogP contribution is -2.32. The Morgan fingerprint density at radius 2 is 2.23 bits per heavy atom. The van der Waals surface area contributed by atoms with Crippen molar-refractivity contribution >= 4 is 15.9 Å². The van der Waals surface area contributed by atoms with Crippen LogP contribution in [-0.2, 0) is 9.47 Å². The Bertz CT molecular complexity index is 152. The van der Waals surface area contributed by atoms with E-state index in [-0.39, 0.29) is 11.9 Å². The van der Waals surface area contributed by atoms with E-state index in [0.29, 0.717) is 0 Å². The van der Waals surface area contributed by atoms with E-state index in [9.17, 15) is 0 Å². The van der Waals surface area contributed by atoms with Crippen LogP contribution in [0, 0.1) is 0 Å². The van der Waals surface area contributed by atoms with Crippen LogP contribution >= 0.6 is 15.9 Å². The van der Waals surface area contributed by atoms with Gasteiger partial charge in [-0.2, -0.15) is 0 Å². The van der Waals surface area contributed by atoms with Crippen molar-refractivity contribution in [2.75, 3.05) is 11.9 Å². The second-order valence-electron chi connectivity index (χ2n) is 3.74. The molecule has 0 aromatic carbocycles. The smallest absolute Gasteiger partial charge is 0.178 e. The molecule has 1 fully saturated rings. The maximum atomic E-state index is 5.78. The highest BCUT2D eigenvalue weighted by molar-refractivity contribution is 9.09. The summed E-state index contributed by atoms with van der Waals surface area (Å²) in [5.74, 6) is -0.325. The first-order chi connectivity index (χ1) is 6.22. The van der Waals surface area contributed by atoms with Crippen molar-refractivity contribution in [3.8, 4) is 0 Å². The predicted octanol–water partition coefficient (Wildman–Crippen LogP) is 3.09. The molecule has 0 saturated carbocycles. The van der Waals surface area contributed by atoms with Gasteiger partial charge in [-0.3, -0.25) is 0 Å². The normalized spacial score (nSPS) is 33.9. The van der Waals surface area contributed by atoms with Gasteiger partial charge in [-0.15, -0.1) is 0 Å². The van der Waals surface area contributed by atoms with Crippen molar-refractivity contribution in [2.24, 2.45) is 0 Å². The third-order valence-corrected chi connectivity index (χ3v) is 3.22. The van der Waals surface area contributed by atoms with Crippen LogP contribution in [0.25, 0.3) is 0 Å². The molecule has 3 heteroatoms. The fourth-order valence-electron chi connectivity index (χ4n) is 1.62. The molecule has 78 valence electrons. The maximum absolute atomic E-state index is 5.78. The predicted molar refractivity (Wildman–Crippen MR) is 57.2 cm³/mol. The Morgan fingerprint density at radius 3 is 2.69 bits per heavy atom. The number of ether oxygens (including phenoxy) is 2. The Labute approximate surface area is 89.1 Å². The molecule has 1 rings (SSSR count). The largest absolute Gasteiger partial charge is 0.346 e. The van der Waals surface area contributed by atoms with Gasteiger partial charge in [-0.25, -0.2) is 0 Å². The zero-order valence-corrected chi connectivity index (χ0v) is 10.1. The number of hydrogen-bond acceptors (Lipinski definition) is 2. The summed E-state index contributed by atoms with van der Waals surface area (Å²) in [6.45, 7) is 5.00. The third-order valence-electron chi connectivity index (χ3n) is 2.36. The van der Waals surface area contributed by atoms with Gasteiger partial charge in [0, 0.05) is 6.42 Å². The minimum atomic E-state index is -0.325. The van der Waals surface area contributed by atoms with Gasteiger partial charge in [-0.1, -0.05) is 35.7 Å². The first-order valence-electron chi connectivity index (χ1n) is 5.10. The quantitative estimate of drug-likeness (QED) is 0.552. The topological polar surface area (TPSA) is 18.5 Å². The summed E-state index contributed by atoms with van der Waals surface area (Å²) in [6, 6.07) is 0. The average molecular weight is 251 g/mol. The van der Waals surface area contributed by atoms with Crippen LogP contribution in [0.2, 0.25) is 0 Å². The molecule has 0 aromatic heterocycles. The SMILES string of the molecule is CCCCCC1(CBr)OCC(C)O1. The molecule has 1 saturated heterocycles. The average Bonchev–Trinajstić information content (AvgIpc) is 2.49. The van der Waals surface area contributed by atoms with E-state index in [4.69, 9.17) is 9.47 Å². The van der Waals surface area contributed by atoms with Crippen LogP contribution in [0.3, 0.4) is 0 Å². The highest BCUT2D eigenvalue weighted by Gasteiger charge is 2.38. The van der Waals surface area contributed by atoms with Crippen molar-refractivity contribution in [3.63, 3.8) is 0 Å². The van der Waals surface area contributed by atoms with Gasteiger partial charge < -0.3 is 9.47 Å². The van der Waals surface area contributed by atoms with Gasteiger partial charge in [0.05, 0.1) is 18.0 Å². The summed E-state index contributed by atoms with van der Waals surface area (Å²) in [6.07, 6.45) is 4.95. The Kier molecular flexibility index (Phi) is 4.70. The highest BCUT2D eigenvalue weighted by atomic mass is 79.9. The minimum Gasteiger partial charge on any atom is -0.346 e. The number of rotatable bonds is 5. The summed E-state index contributed by atoms with van der Waals surface area (Å²) in [5, 5.41) is 0.786. The van der Waals surface area contributed by atoms with Gasteiger partial charge in [0.25, 0.3) is 0 Å². The molecule has 0 bridgehead atoms. The van der Waals surface area contributed by atoms with Gasteiger partial charge in [0.15, 0.2) is 5.79 Å². The molecule has 2 atom stereocenters. The number of unbranched alkanes of at least 4 members (excludes halogenated alkanes) is 2. The van der Waals surface area contributed by atoms with Crippen LogP contribution < -0.4 is 0 Å². The monoisotopic (exact) mass is 250 g/mol. The summed E-state index contributed by atoms with van der Waals surface area (Å²) < 4.78 is 11.5. The molecular formula is C10H19BrO2. The van der Waals surface area contributed by atoms with Gasteiger partial charge in [0.1, 0.15) is 0 Å². The second-order valence-corrected chi connectivity index (χ2v) is 4.30. The first kappa shape index (κ1) is 11.5. The second kappa shape index (κ2) is 5.32. The molecule has 1 heterocycles. The van der Waals surface area contributed by atoms with E-state index in [0.717, 1.165) is 18.4 Å². The summed E-state index contributed by atoms with van der Waals surface area (Å²) in [4.78, 5) is 0. The number of alkyl halides is 1. The number of hydrogen-bond donors (Lipinski definition) is 0. The Balaban J connectivity index is 2.32. The van der Waals surface area contributed by atoms with Gasteiger partial charge in [0.2, 0.25) is 0 Å². The molecule has 13 heavy (non-hydrogen) atoms. The molecule has 2 nitrogen and oxygen atoms in total. The van der Waals surface area contributed by atoms with E-state index in [1.807, 2.05) is 0 Å². The first-order valence-corrected chi connectivity index (χ1v) is 6.22. The van der Waals surface area contributed by atoms with Crippen molar-refractivity contribution in [2.45, 2.75) is 51.4 Å². The standard InChI is InChI=1S/C10H19BrO2/c1-3-4-5-6-10(8-11)12-7-9(2)13-10/h9H,3-8H2,1-2H3. The van der Waals surface area contributed by atoms with Crippen LogP contribution in [-0.4, -0.2) is 23.8 Å². The van der Waals surface area contributed by atoms with E-state index in [1.54, 1.807) is 0 Å². The molecule has 0 spiro atoms. The van der Waals surface area contributed by atoms with E-state index in [1.165, 1.54) is 19.3 Å². The van der Waals surface area contributed by atoms with Gasteiger partial charge >= 0.3 is 0 Å². The molecule has 0 aliphatic carbocycles. The molecule has 0 aromatic rings. The molecule has 1 aliphatic rings. The fourth-order valence-corrected chi connectivity index (χ4v) is 2.19. The molecule has 2 unspecified atom stereocenters. The molecule has 0 radical (unpaired) electrons. The minimum absolute atomic E-state index is 0.249. The van der Waals surface area contributed by atoms with E-state index in [2.05, 4.69) is 29.8 Å². The molecular weight excluding hydrogens is 232 g/mol. The van der Waals surface area contributed by atoms with Crippen LogP contribution in [0.5, 0.6) is 0 Å². The van der Waals surface area contributed by atoms with Crippen molar-refractivity contribution < 1.29 is 9.47 Å².